The summed E-state index contributed by atoms with van der Waals surface area (Å²) in [7, 11) is 0. The van der Waals surface area contributed by atoms with Crippen LogP contribution in [0, 0.1) is 0 Å². The van der Waals surface area contributed by atoms with Gasteiger partial charge in [0.1, 0.15) is 0 Å². The first-order valence-electron chi connectivity index (χ1n) is 3.56. The first kappa shape index (κ1) is 10.4. The van der Waals surface area contributed by atoms with E-state index in [4.69, 9.17) is 28.9 Å². The van der Waals surface area contributed by atoms with Crippen molar-refractivity contribution in [3.63, 3.8) is 0 Å². The van der Waals surface area contributed by atoms with Gasteiger partial charge in [-0.25, -0.2) is 5.01 Å². The summed E-state index contributed by atoms with van der Waals surface area (Å²) in [5.74, 6) is 5.68. The topological polar surface area (TPSA) is 81.3 Å². The number of hydrogen-bond donors (Lipinski definition) is 3. The maximum absolute atomic E-state index is 5.87. The van der Waals surface area contributed by atoms with Gasteiger partial charge in [-0.1, -0.05) is 22.0 Å². The van der Waals surface area contributed by atoms with Crippen LogP contribution in [0.25, 0.3) is 0 Å². The molecule has 0 aromatic carbocycles. The van der Waals surface area contributed by atoms with Gasteiger partial charge in [0.25, 0.3) is 0 Å². The third-order valence-corrected chi connectivity index (χ3v) is 2.73. The Labute approximate surface area is 84.8 Å². The van der Waals surface area contributed by atoms with Crippen LogP contribution in [0.3, 0.4) is 0 Å². The van der Waals surface area contributed by atoms with Crippen molar-refractivity contribution >= 4 is 27.5 Å². The normalized spacial score (nSPS) is 32.3. The van der Waals surface area contributed by atoms with Gasteiger partial charge in [-0.05, 0) is 0 Å². The van der Waals surface area contributed by atoms with Gasteiger partial charge in [-0.3, -0.25) is 5.84 Å². The summed E-state index contributed by atoms with van der Waals surface area (Å²) in [4.78, 5) is 0. The van der Waals surface area contributed by atoms with E-state index >= 15 is 0 Å². The van der Waals surface area contributed by atoms with E-state index < -0.39 is 6.17 Å². The molecule has 2 atom stereocenters. The van der Waals surface area contributed by atoms with Crippen LogP contribution >= 0.6 is 27.5 Å². The molecule has 1 heterocycles. The number of nitrogens with two attached hydrogens (primary N) is 3. The van der Waals surface area contributed by atoms with Gasteiger partial charge in [0.05, 0.1) is 17.6 Å². The fourth-order valence-electron chi connectivity index (χ4n) is 1.20. The fraction of sp³-hybridized carbons (Fsp3) is 0.667. The second kappa shape index (κ2) is 4.04. The lowest BCUT2D eigenvalue weighted by atomic mass is 10.1. The Morgan fingerprint density at radius 3 is 2.67 bits per heavy atom. The van der Waals surface area contributed by atoms with Gasteiger partial charge in [0, 0.05) is 11.0 Å². The third-order valence-electron chi connectivity index (χ3n) is 1.73. The van der Waals surface area contributed by atoms with E-state index in [1.807, 2.05) is 6.08 Å². The highest BCUT2D eigenvalue weighted by Crippen LogP contribution is 2.23. The Kier molecular flexibility index (Phi) is 3.51. The molecule has 6 N–H and O–H groups in total. The Morgan fingerprint density at radius 2 is 2.25 bits per heavy atom. The lowest BCUT2D eigenvalue weighted by Crippen LogP contribution is -2.58. The molecule has 1 aliphatic rings. The molecule has 0 saturated carbocycles. The minimum Gasteiger partial charge on any atom is -0.314 e. The zero-order valence-corrected chi connectivity index (χ0v) is 8.79. The lowest BCUT2D eigenvalue weighted by Gasteiger charge is -2.34. The molecule has 1 rings (SSSR count). The van der Waals surface area contributed by atoms with E-state index in [1.54, 1.807) is 5.01 Å². The molecule has 4 nitrogen and oxygen atoms in total. The van der Waals surface area contributed by atoms with Crippen LogP contribution in [0.4, 0.5) is 0 Å². The smallest absolute Gasteiger partial charge is 0.0833 e. The average Bonchev–Trinajstić information content (AvgIpc) is 1.82. The molecule has 6 heteroatoms. The van der Waals surface area contributed by atoms with E-state index in [-0.39, 0.29) is 11.4 Å². The van der Waals surface area contributed by atoms with E-state index in [2.05, 4.69) is 15.9 Å². The average molecular weight is 256 g/mol. The predicted octanol–water partition coefficient (Wildman–Crippen LogP) is -0.326. The van der Waals surface area contributed by atoms with Crippen molar-refractivity contribution in [1.29, 1.82) is 0 Å². The van der Waals surface area contributed by atoms with E-state index in [9.17, 15) is 0 Å². The summed E-state index contributed by atoms with van der Waals surface area (Å²) in [6.07, 6.45) is 1.37. The van der Waals surface area contributed by atoms with Gasteiger partial charge >= 0.3 is 0 Å². The van der Waals surface area contributed by atoms with Gasteiger partial charge in [0.2, 0.25) is 0 Å². The number of alkyl halides is 1. The molecular weight excluding hydrogens is 243 g/mol. The highest BCUT2D eigenvalue weighted by atomic mass is 79.9. The van der Waals surface area contributed by atoms with Crippen molar-refractivity contribution < 1.29 is 0 Å². The molecule has 0 fully saturated rings. The maximum Gasteiger partial charge on any atom is 0.0833 e. The summed E-state index contributed by atoms with van der Waals surface area (Å²) in [5, 5.41) is 1.46. The molecule has 0 aliphatic carbocycles. The number of rotatable bonds is 1. The summed E-state index contributed by atoms with van der Waals surface area (Å²) in [5.41, 5.74) is 11.1. The van der Waals surface area contributed by atoms with E-state index in [0.717, 1.165) is 4.48 Å². The van der Waals surface area contributed by atoms with Crippen LogP contribution < -0.4 is 17.3 Å². The van der Waals surface area contributed by atoms with Gasteiger partial charge in [-0.2, -0.15) is 0 Å². The molecular formula is C6H12BrClN4. The fourth-order valence-corrected chi connectivity index (χ4v) is 2.54. The van der Waals surface area contributed by atoms with Crippen LogP contribution in [0.5, 0.6) is 0 Å². The zero-order valence-electron chi connectivity index (χ0n) is 6.45. The first-order chi connectivity index (χ1) is 5.52. The largest absolute Gasteiger partial charge is 0.314 e. The highest BCUT2D eigenvalue weighted by Gasteiger charge is 2.28. The molecule has 2 unspecified atom stereocenters. The van der Waals surface area contributed by atoms with Crippen LogP contribution in [0.1, 0.15) is 0 Å². The predicted molar refractivity (Wildman–Crippen MR) is 53.5 cm³/mol. The molecule has 1 aliphatic heterocycles. The monoisotopic (exact) mass is 254 g/mol. The molecule has 12 heavy (non-hydrogen) atoms. The Morgan fingerprint density at radius 1 is 1.67 bits per heavy atom. The third kappa shape index (κ3) is 2.18. The SMILES string of the molecule is NC(N)C1C(Br)=CC(Cl)CN1N. The second-order valence-electron chi connectivity index (χ2n) is 2.79. The Bertz CT molecular complexity index is 196. The molecule has 0 amide bonds. The van der Waals surface area contributed by atoms with E-state index in [1.165, 1.54) is 0 Å². The molecule has 70 valence electrons. The van der Waals surface area contributed by atoms with Gasteiger partial charge in [0.15, 0.2) is 0 Å². The van der Waals surface area contributed by atoms with Crippen molar-refractivity contribution in [3.05, 3.63) is 10.6 Å². The van der Waals surface area contributed by atoms with Crippen molar-refractivity contribution in [2.75, 3.05) is 6.54 Å². The van der Waals surface area contributed by atoms with Gasteiger partial charge < -0.3 is 11.5 Å². The molecule has 0 aromatic heterocycles. The molecule has 0 saturated heterocycles. The van der Waals surface area contributed by atoms with E-state index in [0.29, 0.717) is 6.54 Å². The minimum absolute atomic E-state index is 0.0839. The second-order valence-corrected chi connectivity index (χ2v) is 4.26. The van der Waals surface area contributed by atoms with Crippen LogP contribution in [-0.2, 0) is 0 Å². The summed E-state index contributed by atoms with van der Waals surface area (Å²) >= 11 is 9.20. The number of hydrogen-bond acceptors (Lipinski definition) is 4. The van der Waals surface area contributed by atoms with Crippen LogP contribution in [-0.4, -0.2) is 29.1 Å². The number of halogens is 2. The summed E-state index contributed by atoms with van der Waals surface area (Å²) < 4.78 is 0.853. The zero-order chi connectivity index (χ0) is 9.30. The molecule has 0 aromatic rings. The Balaban J connectivity index is 2.79. The Hall–Kier alpha value is 0.350. The van der Waals surface area contributed by atoms with Crippen LogP contribution in [0.15, 0.2) is 10.6 Å². The summed E-state index contributed by atoms with van der Waals surface area (Å²) in [6.45, 7) is 0.562. The quantitative estimate of drug-likeness (QED) is 0.341. The summed E-state index contributed by atoms with van der Waals surface area (Å²) in [6, 6.07) is -0.167. The maximum atomic E-state index is 5.87. The number of hydrazine groups is 1. The van der Waals surface area contributed by atoms with Crippen molar-refractivity contribution in [2.24, 2.45) is 17.3 Å². The van der Waals surface area contributed by atoms with Crippen molar-refractivity contribution in [3.8, 4) is 0 Å². The molecule has 0 bridgehead atoms. The molecule has 0 radical (unpaired) electrons. The van der Waals surface area contributed by atoms with Crippen LogP contribution in [0.2, 0.25) is 0 Å². The number of nitrogens with zero attached hydrogens (tertiary/aromatic N) is 1. The highest BCUT2D eigenvalue weighted by molar-refractivity contribution is 9.11. The standard InChI is InChI=1S/C6H12BrClN4/c7-4-1-3(8)2-12(11)5(4)6(9)10/h1,3,5-6H,2,9-11H2. The first-order valence-corrected chi connectivity index (χ1v) is 4.79. The van der Waals surface area contributed by atoms with Crippen molar-refractivity contribution in [1.82, 2.24) is 5.01 Å². The minimum atomic E-state index is -0.496. The van der Waals surface area contributed by atoms with Crippen molar-refractivity contribution in [2.45, 2.75) is 17.6 Å². The molecule has 0 spiro atoms. The van der Waals surface area contributed by atoms with Gasteiger partial charge in [-0.15, -0.1) is 11.6 Å². The lowest BCUT2D eigenvalue weighted by molar-refractivity contribution is 0.204.